The number of aromatic nitrogens is 5. The number of halogens is 6. The lowest BCUT2D eigenvalue weighted by Gasteiger charge is -2.29. The fourth-order valence-electron chi connectivity index (χ4n) is 4.24. The molecule has 240 valence electrons. The van der Waals surface area contributed by atoms with Gasteiger partial charge >= 0.3 is 18.4 Å². The largest absolute Gasteiger partial charge is 0.416 e. The number of urea groups is 1. The van der Waals surface area contributed by atoms with Gasteiger partial charge in [0.1, 0.15) is 11.7 Å². The quantitative estimate of drug-likeness (QED) is 0.302. The third kappa shape index (κ3) is 6.42. The number of nitrogens with one attached hydrogen (secondary N) is 2. The average Bonchev–Trinajstić information content (AvgIpc) is 3.45. The molecule has 19 heteroatoms. The highest BCUT2D eigenvalue weighted by Gasteiger charge is 2.50. The number of alkyl halides is 6. The van der Waals surface area contributed by atoms with Crippen LogP contribution < -0.4 is 10.6 Å². The van der Waals surface area contributed by atoms with Gasteiger partial charge in [-0.15, -0.1) is 0 Å². The molecule has 13 nitrogen and oxygen atoms in total. The van der Waals surface area contributed by atoms with Gasteiger partial charge in [0, 0.05) is 18.6 Å². The summed E-state index contributed by atoms with van der Waals surface area (Å²) in [4.78, 5) is 30.4. The number of rotatable bonds is 11. The highest BCUT2D eigenvalue weighted by atomic mass is 19.4. The van der Waals surface area contributed by atoms with Crippen LogP contribution in [-0.2, 0) is 9.47 Å². The molecule has 44 heavy (non-hydrogen) atoms. The van der Waals surface area contributed by atoms with Gasteiger partial charge < -0.3 is 25.0 Å². The van der Waals surface area contributed by atoms with Crippen molar-refractivity contribution in [3.63, 3.8) is 0 Å². The van der Waals surface area contributed by atoms with Crippen LogP contribution in [0.25, 0.3) is 5.65 Å². The zero-order valence-corrected chi connectivity index (χ0v) is 23.3. The van der Waals surface area contributed by atoms with Crippen molar-refractivity contribution in [3.05, 3.63) is 41.1 Å². The Morgan fingerprint density at radius 3 is 2.59 bits per heavy atom. The van der Waals surface area contributed by atoms with Gasteiger partial charge in [-0.05, 0) is 37.9 Å². The number of nitrogens with zero attached hydrogens (tertiary/aromatic N) is 6. The topological polar surface area (TPSA) is 149 Å². The van der Waals surface area contributed by atoms with E-state index in [2.05, 4.69) is 25.7 Å². The van der Waals surface area contributed by atoms with Gasteiger partial charge in [0.25, 0.3) is 5.91 Å². The van der Waals surface area contributed by atoms with E-state index in [0.717, 1.165) is 44.5 Å². The molecule has 3 aromatic heterocycles. The van der Waals surface area contributed by atoms with Crippen molar-refractivity contribution < 1.29 is 54.1 Å². The van der Waals surface area contributed by atoms with Crippen molar-refractivity contribution in [2.75, 3.05) is 26.8 Å². The van der Waals surface area contributed by atoms with Crippen molar-refractivity contribution >= 4 is 17.6 Å². The first kappa shape index (κ1) is 27.5. The highest BCUT2D eigenvalue weighted by Crippen LogP contribution is 2.40. The van der Waals surface area contributed by atoms with Crippen LogP contribution >= 0.6 is 0 Å². The van der Waals surface area contributed by atoms with E-state index in [1.165, 1.54) is 17.6 Å². The summed E-state index contributed by atoms with van der Waals surface area (Å²) in [5, 5.41) is 15.4. The first-order chi connectivity index (χ1) is 21.7. The number of methoxy groups -OCH3 is 1. The minimum atomic E-state index is -5.50. The Morgan fingerprint density at radius 2 is 1.98 bits per heavy atom. The Bertz CT molecular complexity index is 1660. The van der Waals surface area contributed by atoms with Gasteiger partial charge in [-0.1, -0.05) is 5.16 Å². The second-order valence-corrected chi connectivity index (χ2v) is 10.6. The molecule has 1 saturated carbocycles. The molecule has 0 aromatic carbocycles. The van der Waals surface area contributed by atoms with Gasteiger partial charge in [0.15, 0.2) is 16.9 Å². The van der Waals surface area contributed by atoms with Gasteiger partial charge in [0.2, 0.25) is 0 Å². The molecule has 5 rings (SSSR count). The third-order valence-electron chi connectivity index (χ3n) is 7.00. The number of carbonyl (C=O) groups is 2. The lowest BCUT2D eigenvalue weighted by molar-refractivity contribution is -0.265. The Balaban J connectivity index is 1.49. The summed E-state index contributed by atoms with van der Waals surface area (Å²) in [7, 11) is 1.16. The molecule has 0 radical (unpaired) electrons. The van der Waals surface area contributed by atoms with Crippen LogP contribution in [0.3, 0.4) is 0 Å². The number of amides is 3. The standard InChI is InChI=1S/C25H28F6N8O5/c1-23(2,25(29,30)31)43-10-15(34-21(40)20-19(12-4-5-12)36-44-37-20)14-8-39-18(33-14)6-13(7-32-39)16(11-42-3)38-9-17(24(26,27)28)35-22(38)41/h6-8,12,15-17H,4-5,9-11H2,1-3H3,(H,34,40)(H,35,41)/t15-,16+,17-/m0/s1/i9D2,17D. The number of ether oxygens (including phenoxy) is 2. The van der Waals surface area contributed by atoms with E-state index in [-0.39, 0.29) is 39.1 Å². The van der Waals surface area contributed by atoms with E-state index in [0.29, 0.717) is 0 Å². The van der Waals surface area contributed by atoms with Gasteiger partial charge in [-0.2, -0.15) is 31.4 Å². The molecule has 3 aromatic rings. The molecule has 2 N–H and O–H groups in total. The van der Waals surface area contributed by atoms with Crippen LogP contribution in [0.15, 0.2) is 23.1 Å². The smallest absolute Gasteiger partial charge is 0.382 e. The van der Waals surface area contributed by atoms with Crippen LogP contribution in [0.2, 0.25) is 0 Å². The van der Waals surface area contributed by atoms with E-state index >= 15 is 0 Å². The predicted molar refractivity (Wildman–Crippen MR) is 135 cm³/mol. The summed E-state index contributed by atoms with van der Waals surface area (Å²) in [6, 6.07) is -7.20. The number of hydrogen-bond donors (Lipinski definition) is 2. The van der Waals surface area contributed by atoms with Gasteiger partial charge in [-0.25, -0.2) is 18.9 Å². The normalized spacial score (nSPS) is 23.2. The fourth-order valence-corrected chi connectivity index (χ4v) is 4.24. The molecule has 1 saturated heterocycles. The molecule has 2 fully saturated rings. The van der Waals surface area contributed by atoms with Crippen molar-refractivity contribution in [2.24, 2.45) is 0 Å². The van der Waals surface area contributed by atoms with Gasteiger partial charge in [0.05, 0.1) is 54.0 Å². The summed E-state index contributed by atoms with van der Waals surface area (Å²) in [5.41, 5.74) is -2.67. The van der Waals surface area contributed by atoms with Crippen molar-refractivity contribution in [2.45, 2.75) is 68.7 Å². The molecule has 1 aliphatic heterocycles. The minimum absolute atomic E-state index is 0.0508. The average molecular weight is 638 g/mol. The molecule has 2 aliphatic rings. The molecule has 1 aliphatic carbocycles. The van der Waals surface area contributed by atoms with E-state index in [1.807, 2.05) is 0 Å². The number of carbonyl (C=O) groups excluding carboxylic acids is 2. The zero-order valence-electron chi connectivity index (χ0n) is 26.3. The van der Waals surface area contributed by atoms with Crippen LogP contribution in [0.4, 0.5) is 31.1 Å². The van der Waals surface area contributed by atoms with Crippen molar-refractivity contribution in [3.8, 4) is 0 Å². The number of imidazole rings is 1. The molecule has 0 bridgehead atoms. The second-order valence-electron chi connectivity index (χ2n) is 10.6. The van der Waals surface area contributed by atoms with Gasteiger partial charge in [-0.3, -0.25) is 4.79 Å². The number of fused-ring (bicyclic) bond motifs is 1. The number of hydrogen-bond acceptors (Lipinski definition) is 9. The van der Waals surface area contributed by atoms with Crippen LogP contribution in [-0.4, -0.2) is 92.5 Å². The van der Waals surface area contributed by atoms with E-state index < -0.39 is 67.7 Å². The predicted octanol–water partition coefficient (Wildman–Crippen LogP) is 3.46. The van der Waals surface area contributed by atoms with Crippen LogP contribution in [0, 0.1) is 0 Å². The fraction of sp³-hybridized carbons (Fsp3) is 0.600. The Kier molecular flexibility index (Phi) is 7.19. The van der Waals surface area contributed by atoms with Crippen molar-refractivity contribution in [1.82, 2.24) is 40.4 Å². The van der Waals surface area contributed by atoms with E-state index in [4.69, 9.17) is 18.2 Å². The Morgan fingerprint density at radius 1 is 1.25 bits per heavy atom. The lowest BCUT2D eigenvalue weighted by atomic mass is 10.1. The second kappa shape index (κ2) is 11.5. The first-order valence-electron chi connectivity index (χ1n) is 14.6. The van der Waals surface area contributed by atoms with Crippen LogP contribution in [0.1, 0.15) is 76.2 Å². The molecular formula is C25H28F6N8O5. The van der Waals surface area contributed by atoms with Crippen LogP contribution in [0.5, 0.6) is 0 Å². The summed E-state index contributed by atoms with van der Waals surface area (Å²) >= 11 is 0. The molecule has 3 atom stereocenters. The highest BCUT2D eigenvalue weighted by molar-refractivity contribution is 5.93. The monoisotopic (exact) mass is 637 g/mol. The molecule has 3 amide bonds. The third-order valence-corrected chi connectivity index (χ3v) is 7.00. The first-order valence-corrected chi connectivity index (χ1v) is 13.1. The molecule has 4 heterocycles. The SMILES string of the molecule is [2H]C1([2H])N([C@H](COC)c2cnn3cc([C@H](COC(C)(C)C(F)(F)F)NC(=O)c4nonc4C4CC4)nc3c2)C(=O)N[C@]1([2H])C(F)(F)F. The molecule has 0 spiro atoms. The summed E-state index contributed by atoms with van der Waals surface area (Å²) in [6.07, 6.45) is -6.46. The molecule has 0 unspecified atom stereocenters. The Labute approximate surface area is 249 Å². The maximum atomic E-state index is 13.7. The van der Waals surface area contributed by atoms with Crippen molar-refractivity contribution in [1.29, 1.82) is 0 Å². The summed E-state index contributed by atoms with van der Waals surface area (Å²) < 4.78 is 122. The van der Waals surface area contributed by atoms with E-state index in [9.17, 15) is 35.9 Å². The molecular weight excluding hydrogens is 606 g/mol. The maximum Gasteiger partial charge on any atom is 0.416 e. The summed E-state index contributed by atoms with van der Waals surface area (Å²) in [5.74, 6) is -0.887. The minimum Gasteiger partial charge on any atom is -0.382 e. The maximum absolute atomic E-state index is 13.7. The Hall–Kier alpha value is -4.00. The van der Waals surface area contributed by atoms with E-state index in [1.54, 1.807) is 0 Å². The zero-order chi connectivity index (χ0) is 34.7. The summed E-state index contributed by atoms with van der Waals surface area (Å²) in [6.45, 7) is -3.29. The lowest BCUT2D eigenvalue weighted by Crippen LogP contribution is -2.44.